The van der Waals surface area contributed by atoms with Crippen molar-refractivity contribution in [2.75, 3.05) is 37.7 Å². The van der Waals surface area contributed by atoms with E-state index in [-0.39, 0.29) is 28.4 Å². The van der Waals surface area contributed by atoms with E-state index in [4.69, 9.17) is 4.42 Å². The molecule has 9 nitrogen and oxygen atoms in total. The first-order chi connectivity index (χ1) is 14.4. The van der Waals surface area contributed by atoms with Crippen molar-refractivity contribution in [1.82, 2.24) is 19.5 Å². The van der Waals surface area contributed by atoms with Gasteiger partial charge in [0, 0.05) is 49.9 Å². The van der Waals surface area contributed by atoms with Crippen LogP contribution >= 0.6 is 11.8 Å². The summed E-state index contributed by atoms with van der Waals surface area (Å²) >= 11 is 1.73. The number of likely N-dealkylation sites (tertiary alicyclic amines) is 1. The number of thioether (sulfide) groups is 1. The number of carbonyl (C=O) groups is 2. The van der Waals surface area contributed by atoms with Gasteiger partial charge in [-0.15, -0.1) is 0 Å². The van der Waals surface area contributed by atoms with Crippen LogP contribution in [0.1, 0.15) is 33.9 Å². The van der Waals surface area contributed by atoms with Gasteiger partial charge in [0.2, 0.25) is 10.0 Å². The molecule has 0 saturated carbocycles. The third kappa shape index (κ3) is 4.42. The van der Waals surface area contributed by atoms with E-state index >= 15 is 0 Å². The lowest BCUT2D eigenvalue weighted by molar-refractivity contribution is 0.0667. The fraction of sp³-hybridized carbons (Fsp3) is 0.474. The van der Waals surface area contributed by atoms with Crippen LogP contribution in [0.25, 0.3) is 0 Å². The topological polar surface area (TPSA) is 116 Å². The van der Waals surface area contributed by atoms with Gasteiger partial charge >= 0.3 is 0 Å². The third-order valence-corrected chi connectivity index (χ3v) is 8.18. The van der Waals surface area contributed by atoms with E-state index < -0.39 is 10.0 Å². The Morgan fingerprint density at radius 1 is 1.17 bits per heavy atom. The minimum Gasteiger partial charge on any atom is -0.459 e. The number of aromatic nitrogens is 1. The molecular formula is C19H24N4O5S2. The van der Waals surface area contributed by atoms with Crippen LogP contribution in [0.4, 0.5) is 0 Å². The van der Waals surface area contributed by atoms with Gasteiger partial charge in [0.25, 0.3) is 11.8 Å². The lowest BCUT2D eigenvalue weighted by Gasteiger charge is -2.31. The van der Waals surface area contributed by atoms with Gasteiger partial charge in [0.05, 0.1) is 6.26 Å². The van der Waals surface area contributed by atoms with Crippen molar-refractivity contribution in [3.63, 3.8) is 0 Å². The number of nitrogens with one attached hydrogen (secondary N) is 2. The molecule has 2 N–H and O–H groups in total. The Morgan fingerprint density at radius 2 is 1.90 bits per heavy atom. The second kappa shape index (κ2) is 8.86. The van der Waals surface area contributed by atoms with E-state index in [2.05, 4.69) is 10.3 Å². The zero-order valence-electron chi connectivity index (χ0n) is 16.4. The van der Waals surface area contributed by atoms with Crippen LogP contribution in [0.3, 0.4) is 0 Å². The van der Waals surface area contributed by atoms with E-state index in [9.17, 15) is 18.0 Å². The summed E-state index contributed by atoms with van der Waals surface area (Å²) in [4.78, 5) is 29.5. The van der Waals surface area contributed by atoms with Crippen LogP contribution in [0.2, 0.25) is 0 Å². The first-order valence-corrected chi connectivity index (χ1v) is 12.4. The average Bonchev–Trinajstić information content (AvgIpc) is 3.47. The van der Waals surface area contributed by atoms with Crippen molar-refractivity contribution >= 4 is 33.6 Å². The minimum atomic E-state index is -3.59. The zero-order valence-corrected chi connectivity index (χ0v) is 18.0. The van der Waals surface area contributed by atoms with Gasteiger partial charge in [0.15, 0.2) is 5.76 Å². The van der Waals surface area contributed by atoms with Crippen LogP contribution in [0.15, 0.2) is 40.0 Å². The molecule has 2 amide bonds. The molecule has 0 unspecified atom stereocenters. The molecule has 2 fully saturated rings. The Labute approximate surface area is 179 Å². The molecule has 4 heterocycles. The molecule has 0 aromatic carbocycles. The molecule has 2 aliphatic rings. The predicted molar refractivity (Wildman–Crippen MR) is 112 cm³/mol. The van der Waals surface area contributed by atoms with E-state index in [0.29, 0.717) is 44.8 Å². The summed E-state index contributed by atoms with van der Waals surface area (Å²) in [6.07, 6.45) is 4.08. The van der Waals surface area contributed by atoms with Crippen molar-refractivity contribution in [2.24, 2.45) is 0 Å². The van der Waals surface area contributed by atoms with E-state index in [0.717, 1.165) is 11.5 Å². The molecule has 162 valence electrons. The lowest BCUT2D eigenvalue weighted by atomic mass is 10.0. The molecule has 11 heteroatoms. The largest absolute Gasteiger partial charge is 0.459 e. The van der Waals surface area contributed by atoms with Gasteiger partial charge in [-0.2, -0.15) is 16.1 Å². The van der Waals surface area contributed by atoms with Gasteiger partial charge in [-0.3, -0.25) is 9.59 Å². The van der Waals surface area contributed by atoms with E-state index in [1.807, 2.05) is 0 Å². The molecule has 4 rings (SSSR count). The maximum atomic E-state index is 12.7. The number of aromatic amines is 1. The summed E-state index contributed by atoms with van der Waals surface area (Å²) in [7, 11) is -3.59. The van der Waals surface area contributed by atoms with Crippen LogP contribution < -0.4 is 5.32 Å². The molecule has 0 bridgehead atoms. The number of hydrogen-bond acceptors (Lipinski definition) is 6. The smallest absolute Gasteiger partial charge is 0.289 e. The SMILES string of the molecule is O=C(NC1CCN(C(=O)c2ccco2)CC1)c1cc(S(=O)(=O)N2CCSCC2)c[nH]1. The zero-order chi connectivity index (χ0) is 21.1. The van der Waals surface area contributed by atoms with Crippen LogP contribution in [0.5, 0.6) is 0 Å². The summed E-state index contributed by atoms with van der Waals surface area (Å²) < 4.78 is 32.1. The average molecular weight is 453 g/mol. The predicted octanol–water partition coefficient (Wildman–Crippen LogP) is 1.38. The number of furan rings is 1. The number of H-pyrrole nitrogens is 1. The van der Waals surface area contributed by atoms with Gasteiger partial charge in [-0.05, 0) is 31.0 Å². The molecule has 2 aromatic heterocycles. The number of amides is 2. The van der Waals surface area contributed by atoms with Gasteiger partial charge in [-0.25, -0.2) is 8.42 Å². The maximum absolute atomic E-state index is 12.7. The molecule has 0 atom stereocenters. The number of piperidine rings is 1. The standard InChI is InChI=1S/C19H24N4O5S2/c24-18(16-12-15(13-20-16)30(26,27)23-7-10-29-11-8-23)21-14-3-5-22(6-4-14)19(25)17-2-1-9-28-17/h1-2,9,12-14,20H,3-8,10-11H2,(H,21,24). The van der Waals surface area contributed by atoms with Crippen molar-refractivity contribution in [3.8, 4) is 0 Å². The first-order valence-electron chi connectivity index (χ1n) is 9.85. The van der Waals surface area contributed by atoms with Crippen LogP contribution in [-0.4, -0.2) is 78.1 Å². The van der Waals surface area contributed by atoms with Crippen molar-refractivity contribution in [3.05, 3.63) is 42.1 Å². The normalized spacial score (nSPS) is 19.0. The highest BCUT2D eigenvalue weighted by Crippen LogP contribution is 2.21. The second-order valence-corrected chi connectivity index (χ2v) is 10.4. The number of rotatable bonds is 5. The van der Waals surface area contributed by atoms with E-state index in [1.54, 1.807) is 28.8 Å². The Morgan fingerprint density at radius 3 is 2.57 bits per heavy atom. The Balaban J connectivity index is 1.32. The van der Waals surface area contributed by atoms with Crippen molar-refractivity contribution in [1.29, 1.82) is 0 Å². The maximum Gasteiger partial charge on any atom is 0.289 e. The fourth-order valence-electron chi connectivity index (χ4n) is 3.64. The molecule has 0 radical (unpaired) electrons. The highest BCUT2D eigenvalue weighted by Gasteiger charge is 2.29. The number of hydrogen-bond donors (Lipinski definition) is 2. The minimum absolute atomic E-state index is 0.0828. The fourth-order valence-corrected chi connectivity index (χ4v) is 6.21. The van der Waals surface area contributed by atoms with Gasteiger partial charge in [-0.1, -0.05) is 0 Å². The van der Waals surface area contributed by atoms with Crippen LogP contribution in [0, 0.1) is 0 Å². The Kier molecular flexibility index (Phi) is 6.21. The highest BCUT2D eigenvalue weighted by atomic mass is 32.2. The first kappa shape index (κ1) is 21.0. The van der Waals surface area contributed by atoms with Crippen molar-refractivity contribution in [2.45, 2.75) is 23.8 Å². The molecule has 2 saturated heterocycles. The third-order valence-electron chi connectivity index (χ3n) is 5.36. The molecule has 2 aliphatic heterocycles. The molecule has 30 heavy (non-hydrogen) atoms. The summed E-state index contributed by atoms with van der Waals surface area (Å²) in [5, 5.41) is 2.93. The highest BCUT2D eigenvalue weighted by molar-refractivity contribution is 7.99. The quantitative estimate of drug-likeness (QED) is 0.708. The summed E-state index contributed by atoms with van der Waals surface area (Å²) in [5.41, 5.74) is 0.217. The number of nitrogens with zero attached hydrogens (tertiary/aromatic N) is 2. The summed E-state index contributed by atoms with van der Waals surface area (Å²) in [5.74, 6) is 1.36. The molecule has 2 aromatic rings. The van der Waals surface area contributed by atoms with Crippen molar-refractivity contribution < 1.29 is 22.4 Å². The lowest BCUT2D eigenvalue weighted by Crippen LogP contribution is -2.46. The Hall–Kier alpha value is -2.24. The Bertz CT molecular complexity index is 988. The summed E-state index contributed by atoms with van der Waals surface area (Å²) in [6, 6.07) is 4.62. The van der Waals surface area contributed by atoms with Gasteiger partial charge < -0.3 is 19.6 Å². The molecule has 0 spiro atoms. The molecule has 0 aliphatic carbocycles. The number of carbonyl (C=O) groups excluding carboxylic acids is 2. The van der Waals surface area contributed by atoms with E-state index in [1.165, 1.54) is 22.8 Å². The van der Waals surface area contributed by atoms with Gasteiger partial charge in [0.1, 0.15) is 10.6 Å². The summed E-state index contributed by atoms with van der Waals surface area (Å²) in [6.45, 7) is 1.99. The monoisotopic (exact) mass is 452 g/mol. The number of sulfonamides is 1. The molecular weight excluding hydrogens is 428 g/mol. The second-order valence-electron chi connectivity index (χ2n) is 7.28. The van der Waals surface area contributed by atoms with Crippen LogP contribution in [-0.2, 0) is 10.0 Å².